The van der Waals surface area contributed by atoms with Gasteiger partial charge in [-0.3, -0.25) is 25.0 Å². The molecule has 0 unspecified atom stereocenters. The molecule has 2 aromatic carbocycles. The molecule has 0 spiro atoms. The zero-order valence-corrected chi connectivity index (χ0v) is 16.0. The smallest absolute Gasteiger partial charge is 0.277 e. The molecule has 9 nitrogen and oxygen atoms in total. The first-order valence-electron chi connectivity index (χ1n) is 8.67. The van der Waals surface area contributed by atoms with Crippen LogP contribution >= 0.6 is 0 Å². The normalized spacial score (nSPS) is 10.7. The van der Waals surface area contributed by atoms with Crippen molar-refractivity contribution >= 4 is 17.3 Å². The van der Waals surface area contributed by atoms with Crippen LogP contribution in [0.3, 0.4) is 0 Å². The Morgan fingerprint density at radius 1 is 0.893 bits per heavy atom. The molecule has 2 aromatic rings. The van der Waals surface area contributed by atoms with Gasteiger partial charge in [-0.1, -0.05) is 24.3 Å². The van der Waals surface area contributed by atoms with Crippen LogP contribution in [-0.4, -0.2) is 46.2 Å². The van der Waals surface area contributed by atoms with Crippen LogP contribution < -0.4 is 0 Å². The topological polar surface area (TPSA) is 110 Å². The number of carbonyl (C=O) groups is 1. The van der Waals surface area contributed by atoms with E-state index in [9.17, 15) is 25.0 Å². The minimum absolute atomic E-state index is 0.0769. The van der Waals surface area contributed by atoms with E-state index in [4.69, 9.17) is 0 Å². The maximum atomic E-state index is 12.8. The monoisotopic (exact) mass is 386 g/mol. The summed E-state index contributed by atoms with van der Waals surface area (Å²) in [6, 6.07) is 10.8. The minimum Gasteiger partial charge on any atom is -0.335 e. The van der Waals surface area contributed by atoms with Gasteiger partial charge in [0.2, 0.25) is 0 Å². The molecule has 0 N–H and O–H groups in total. The molecule has 9 heteroatoms. The van der Waals surface area contributed by atoms with Gasteiger partial charge < -0.3 is 9.80 Å². The Morgan fingerprint density at radius 2 is 1.36 bits per heavy atom. The number of non-ortho nitro benzene ring substituents is 2. The van der Waals surface area contributed by atoms with E-state index < -0.39 is 27.1 Å². The molecule has 0 aliphatic rings. The van der Waals surface area contributed by atoms with Crippen molar-refractivity contribution in [1.82, 2.24) is 9.80 Å². The molecule has 0 aliphatic carbocycles. The van der Waals surface area contributed by atoms with Crippen LogP contribution in [0.2, 0.25) is 0 Å². The molecule has 148 valence electrons. The summed E-state index contributed by atoms with van der Waals surface area (Å²) in [6.45, 7) is 3.24. The highest BCUT2D eigenvalue weighted by molar-refractivity contribution is 5.95. The van der Waals surface area contributed by atoms with E-state index in [1.54, 1.807) is 6.92 Å². The SMILES string of the molecule is CCN(Cc1ccc(CN(C)C)cc1)C(=O)c1cc([N+](=O)[O-])cc([N+](=O)[O-])c1. The number of nitro groups is 2. The summed E-state index contributed by atoms with van der Waals surface area (Å²) in [5, 5.41) is 22.1. The Bertz CT molecular complexity index is 848. The van der Waals surface area contributed by atoms with Crippen LogP contribution in [0.15, 0.2) is 42.5 Å². The van der Waals surface area contributed by atoms with Crippen LogP contribution in [0, 0.1) is 20.2 Å². The van der Waals surface area contributed by atoms with Gasteiger partial charge in [0.15, 0.2) is 0 Å². The van der Waals surface area contributed by atoms with Gasteiger partial charge in [0, 0.05) is 31.8 Å². The fourth-order valence-corrected chi connectivity index (χ4v) is 2.77. The average molecular weight is 386 g/mol. The van der Waals surface area contributed by atoms with Gasteiger partial charge in [-0.05, 0) is 32.1 Å². The van der Waals surface area contributed by atoms with Crippen molar-refractivity contribution in [2.75, 3.05) is 20.6 Å². The third kappa shape index (κ3) is 5.34. The van der Waals surface area contributed by atoms with Gasteiger partial charge in [-0.2, -0.15) is 0 Å². The van der Waals surface area contributed by atoms with Gasteiger partial charge in [0.1, 0.15) is 0 Å². The highest BCUT2D eigenvalue weighted by atomic mass is 16.6. The molecule has 0 heterocycles. The first kappa shape index (κ1) is 21.0. The molecule has 0 saturated carbocycles. The number of rotatable bonds is 8. The van der Waals surface area contributed by atoms with Crippen LogP contribution in [-0.2, 0) is 13.1 Å². The lowest BCUT2D eigenvalue weighted by atomic mass is 10.1. The van der Waals surface area contributed by atoms with Crippen molar-refractivity contribution in [2.24, 2.45) is 0 Å². The van der Waals surface area contributed by atoms with Crippen molar-refractivity contribution in [1.29, 1.82) is 0 Å². The van der Waals surface area contributed by atoms with Crippen molar-refractivity contribution in [3.63, 3.8) is 0 Å². The molecule has 0 aromatic heterocycles. The fourth-order valence-electron chi connectivity index (χ4n) is 2.77. The van der Waals surface area contributed by atoms with Crippen LogP contribution in [0.4, 0.5) is 11.4 Å². The van der Waals surface area contributed by atoms with Crippen molar-refractivity contribution in [3.05, 3.63) is 79.4 Å². The molecule has 0 aliphatic heterocycles. The average Bonchev–Trinajstić information content (AvgIpc) is 2.66. The highest BCUT2D eigenvalue weighted by Crippen LogP contribution is 2.24. The Labute approximate surface area is 162 Å². The largest absolute Gasteiger partial charge is 0.335 e. The molecule has 0 bridgehead atoms. The summed E-state index contributed by atoms with van der Waals surface area (Å²) in [7, 11) is 3.95. The van der Waals surface area contributed by atoms with Crippen molar-refractivity contribution < 1.29 is 14.6 Å². The van der Waals surface area contributed by atoms with Gasteiger partial charge in [-0.15, -0.1) is 0 Å². The summed E-state index contributed by atoms with van der Waals surface area (Å²) >= 11 is 0. The second kappa shape index (κ2) is 9.05. The number of amides is 1. The number of carbonyl (C=O) groups excluding carboxylic acids is 1. The summed E-state index contributed by atoms with van der Waals surface area (Å²) in [5.74, 6) is -0.494. The van der Waals surface area contributed by atoms with Gasteiger partial charge >= 0.3 is 0 Å². The Hall–Kier alpha value is -3.33. The van der Waals surface area contributed by atoms with E-state index in [-0.39, 0.29) is 5.56 Å². The molecule has 1 amide bonds. The Kier molecular flexibility index (Phi) is 6.78. The van der Waals surface area contributed by atoms with E-state index in [0.29, 0.717) is 13.1 Å². The Balaban J connectivity index is 2.25. The molecule has 2 rings (SSSR count). The summed E-state index contributed by atoms with van der Waals surface area (Å²) in [4.78, 5) is 36.9. The first-order valence-corrected chi connectivity index (χ1v) is 8.67. The van der Waals surface area contributed by atoms with Crippen molar-refractivity contribution in [3.8, 4) is 0 Å². The lowest BCUT2D eigenvalue weighted by Gasteiger charge is -2.21. The molecule has 0 radical (unpaired) electrons. The first-order chi connectivity index (χ1) is 13.2. The Morgan fingerprint density at radius 3 is 1.75 bits per heavy atom. The number of hydrogen-bond acceptors (Lipinski definition) is 6. The summed E-state index contributed by atoms with van der Waals surface area (Å²) < 4.78 is 0. The van der Waals surface area contributed by atoms with E-state index >= 15 is 0 Å². The van der Waals surface area contributed by atoms with Crippen molar-refractivity contribution in [2.45, 2.75) is 20.0 Å². The number of nitro benzene ring substituents is 2. The second-order valence-electron chi connectivity index (χ2n) is 6.63. The van der Waals surface area contributed by atoms with E-state index in [2.05, 4.69) is 0 Å². The molecular formula is C19H22N4O5. The van der Waals surface area contributed by atoms with Crippen LogP contribution in [0.1, 0.15) is 28.4 Å². The zero-order valence-electron chi connectivity index (χ0n) is 16.0. The number of hydrogen-bond donors (Lipinski definition) is 0. The molecule has 0 saturated heterocycles. The maximum absolute atomic E-state index is 12.8. The van der Waals surface area contributed by atoms with Gasteiger partial charge in [-0.25, -0.2) is 0 Å². The second-order valence-corrected chi connectivity index (χ2v) is 6.63. The zero-order chi connectivity index (χ0) is 20.8. The quantitative estimate of drug-likeness (QED) is 0.509. The summed E-state index contributed by atoms with van der Waals surface area (Å²) in [5.41, 5.74) is 0.991. The predicted molar refractivity (Wildman–Crippen MR) is 104 cm³/mol. The van der Waals surface area contributed by atoms with Crippen LogP contribution in [0.5, 0.6) is 0 Å². The maximum Gasteiger partial charge on any atom is 0.277 e. The molecule has 0 fully saturated rings. The predicted octanol–water partition coefficient (Wildman–Crippen LogP) is 3.23. The molecule has 0 atom stereocenters. The molecular weight excluding hydrogens is 364 g/mol. The van der Waals surface area contributed by atoms with Crippen LogP contribution in [0.25, 0.3) is 0 Å². The lowest BCUT2D eigenvalue weighted by molar-refractivity contribution is -0.394. The fraction of sp³-hybridized carbons (Fsp3) is 0.316. The van der Waals surface area contributed by atoms with E-state index in [1.165, 1.54) is 4.90 Å². The van der Waals surface area contributed by atoms with Gasteiger partial charge in [0.05, 0.1) is 21.5 Å². The molecule has 28 heavy (non-hydrogen) atoms. The highest BCUT2D eigenvalue weighted by Gasteiger charge is 2.22. The third-order valence-corrected chi connectivity index (χ3v) is 4.14. The number of nitrogens with zero attached hydrogens (tertiary/aromatic N) is 4. The summed E-state index contributed by atoms with van der Waals surface area (Å²) in [6.07, 6.45) is 0. The van der Waals surface area contributed by atoms with E-state index in [1.807, 2.05) is 43.3 Å². The minimum atomic E-state index is -0.746. The van der Waals surface area contributed by atoms with Gasteiger partial charge in [0.25, 0.3) is 17.3 Å². The third-order valence-electron chi connectivity index (χ3n) is 4.14. The standard InChI is InChI=1S/C19H22N4O5/c1-4-21(13-15-7-5-14(6-8-15)12-20(2)3)19(24)16-9-17(22(25)26)11-18(10-16)23(27)28/h5-11H,4,12-13H2,1-3H3. The van der Waals surface area contributed by atoms with E-state index in [0.717, 1.165) is 35.9 Å². The number of benzene rings is 2. The lowest BCUT2D eigenvalue weighted by Crippen LogP contribution is -2.30.